The second-order valence-corrected chi connectivity index (χ2v) is 5.94. The summed E-state index contributed by atoms with van der Waals surface area (Å²) in [7, 11) is 0. The highest BCUT2D eigenvalue weighted by molar-refractivity contribution is 5.02. The van der Waals surface area contributed by atoms with Crippen molar-refractivity contribution in [3.05, 3.63) is 0 Å². The second kappa shape index (κ2) is 3.23. The Morgan fingerprint density at radius 1 is 1.36 bits per heavy atom. The Morgan fingerprint density at radius 3 is 2.57 bits per heavy atom. The Hall–Kier alpha value is -0.0400. The van der Waals surface area contributed by atoms with Crippen LogP contribution >= 0.6 is 0 Å². The van der Waals surface area contributed by atoms with Crippen LogP contribution < -0.4 is 0 Å². The van der Waals surface area contributed by atoms with Gasteiger partial charge >= 0.3 is 0 Å². The molecule has 2 saturated heterocycles. The van der Waals surface area contributed by atoms with Crippen molar-refractivity contribution in [2.45, 2.75) is 71.0 Å². The van der Waals surface area contributed by atoms with Crippen LogP contribution in [0.3, 0.4) is 0 Å². The Kier molecular flexibility index (Phi) is 2.42. The first-order valence-corrected chi connectivity index (χ1v) is 6.19. The Labute approximate surface area is 88.2 Å². The van der Waals surface area contributed by atoms with Crippen LogP contribution in [-0.2, 0) is 4.74 Å². The first-order chi connectivity index (χ1) is 6.49. The second-order valence-electron chi connectivity index (χ2n) is 5.94. The van der Waals surface area contributed by atoms with Crippen LogP contribution in [0.4, 0.5) is 0 Å². The summed E-state index contributed by atoms with van der Waals surface area (Å²) in [4.78, 5) is 0. The zero-order valence-corrected chi connectivity index (χ0v) is 10.1. The van der Waals surface area contributed by atoms with E-state index in [9.17, 15) is 0 Å². The zero-order chi connectivity index (χ0) is 10.4. The molecular weight excluding hydrogens is 172 g/mol. The maximum atomic E-state index is 6.37. The molecule has 1 nitrogen and oxygen atoms in total. The summed E-state index contributed by atoms with van der Waals surface area (Å²) >= 11 is 0. The van der Waals surface area contributed by atoms with Crippen molar-refractivity contribution >= 4 is 0 Å². The highest BCUT2D eigenvalue weighted by atomic mass is 16.5. The van der Waals surface area contributed by atoms with Crippen molar-refractivity contribution in [2.24, 2.45) is 11.8 Å². The first kappa shape index (κ1) is 10.5. The molecule has 1 heteroatoms. The molecule has 0 aromatic carbocycles. The molecule has 1 saturated carbocycles. The lowest BCUT2D eigenvalue weighted by Gasteiger charge is -2.58. The number of ether oxygens (including phenoxy) is 1. The topological polar surface area (TPSA) is 9.23 Å². The summed E-state index contributed by atoms with van der Waals surface area (Å²) < 4.78 is 6.37. The van der Waals surface area contributed by atoms with E-state index >= 15 is 0 Å². The van der Waals surface area contributed by atoms with E-state index in [0.717, 1.165) is 11.8 Å². The predicted molar refractivity (Wildman–Crippen MR) is 59.3 cm³/mol. The minimum Gasteiger partial charge on any atom is -0.369 e. The third kappa shape index (κ3) is 1.50. The molecule has 0 amide bonds. The molecule has 0 aromatic heterocycles. The van der Waals surface area contributed by atoms with Gasteiger partial charge < -0.3 is 4.74 Å². The molecule has 2 heterocycles. The van der Waals surface area contributed by atoms with Crippen molar-refractivity contribution in [1.29, 1.82) is 0 Å². The number of hydrogen-bond acceptors (Lipinski definition) is 1. The van der Waals surface area contributed by atoms with Crippen molar-refractivity contribution in [2.75, 3.05) is 0 Å². The van der Waals surface area contributed by atoms with Gasteiger partial charge in [-0.25, -0.2) is 0 Å². The molecule has 2 aliphatic heterocycles. The average molecular weight is 196 g/mol. The lowest BCUT2D eigenvalue weighted by atomic mass is 9.62. The molecule has 0 spiro atoms. The molecule has 0 aromatic rings. The van der Waals surface area contributed by atoms with Gasteiger partial charge in [-0.05, 0) is 51.4 Å². The molecule has 0 radical (unpaired) electrons. The van der Waals surface area contributed by atoms with E-state index in [0.29, 0.717) is 0 Å². The fourth-order valence-electron chi connectivity index (χ4n) is 4.04. The molecule has 0 N–H and O–H groups in total. The SMILES string of the molecule is CCCC1(C)OC2(C)CCC1C(C)C2. The molecule has 14 heavy (non-hydrogen) atoms. The summed E-state index contributed by atoms with van der Waals surface area (Å²) in [5.41, 5.74) is 0.373. The fraction of sp³-hybridized carbons (Fsp3) is 1.00. The minimum absolute atomic E-state index is 0.180. The smallest absolute Gasteiger partial charge is 0.0692 e. The number of fused-ring (bicyclic) bond motifs is 3. The summed E-state index contributed by atoms with van der Waals surface area (Å²) in [6, 6.07) is 0. The van der Waals surface area contributed by atoms with Gasteiger partial charge in [0.25, 0.3) is 0 Å². The summed E-state index contributed by atoms with van der Waals surface area (Å²) in [5, 5.41) is 0. The summed E-state index contributed by atoms with van der Waals surface area (Å²) in [5.74, 6) is 1.67. The van der Waals surface area contributed by atoms with Crippen LogP contribution in [0.1, 0.15) is 59.8 Å². The van der Waals surface area contributed by atoms with Gasteiger partial charge in [-0.1, -0.05) is 20.3 Å². The fourth-order valence-corrected chi connectivity index (χ4v) is 4.04. The first-order valence-electron chi connectivity index (χ1n) is 6.19. The molecule has 3 rings (SSSR count). The highest BCUT2D eigenvalue weighted by Gasteiger charge is 2.53. The third-order valence-corrected chi connectivity index (χ3v) is 4.44. The zero-order valence-electron chi connectivity index (χ0n) is 10.1. The molecule has 2 bridgehead atoms. The van der Waals surface area contributed by atoms with E-state index < -0.39 is 0 Å². The third-order valence-electron chi connectivity index (χ3n) is 4.44. The number of rotatable bonds is 2. The van der Waals surface area contributed by atoms with Gasteiger partial charge in [-0.2, -0.15) is 0 Å². The molecule has 82 valence electrons. The highest BCUT2D eigenvalue weighted by Crippen LogP contribution is 2.53. The largest absolute Gasteiger partial charge is 0.369 e. The summed E-state index contributed by atoms with van der Waals surface area (Å²) in [6.45, 7) is 9.34. The van der Waals surface area contributed by atoms with Gasteiger partial charge in [0, 0.05) is 0 Å². The van der Waals surface area contributed by atoms with E-state index in [4.69, 9.17) is 4.74 Å². The van der Waals surface area contributed by atoms with E-state index in [1.54, 1.807) is 0 Å². The Balaban J connectivity index is 2.21. The lowest BCUT2D eigenvalue weighted by Crippen LogP contribution is -2.58. The standard InChI is InChI=1S/C13H24O/c1-5-7-13(4)11-6-8-12(3,14-13)9-10(11)2/h10-11H,5-9H2,1-4H3. The monoisotopic (exact) mass is 196 g/mol. The van der Waals surface area contributed by atoms with Crippen LogP contribution in [-0.4, -0.2) is 11.2 Å². The molecule has 3 fully saturated rings. The normalized spacial score (nSPS) is 52.3. The van der Waals surface area contributed by atoms with Crippen LogP contribution in [0, 0.1) is 11.8 Å². The maximum absolute atomic E-state index is 6.37. The van der Waals surface area contributed by atoms with Crippen LogP contribution in [0.5, 0.6) is 0 Å². The Morgan fingerprint density at radius 2 is 2.07 bits per heavy atom. The average Bonchev–Trinajstić information content (AvgIpc) is 2.00. The van der Waals surface area contributed by atoms with Gasteiger partial charge in [0.1, 0.15) is 0 Å². The maximum Gasteiger partial charge on any atom is 0.0692 e. The molecular formula is C13H24O. The molecule has 4 atom stereocenters. The van der Waals surface area contributed by atoms with Gasteiger partial charge in [-0.15, -0.1) is 0 Å². The van der Waals surface area contributed by atoms with Crippen molar-refractivity contribution in [1.82, 2.24) is 0 Å². The van der Waals surface area contributed by atoms with Crippen LogP contribution in [0.25, 0.3) is 0 Å². The van der Waals surface area contributed by atoms with Crippen molar-refractivity contribution < 1.29 is 4.74 Å². The van der Waals surface area contributed by atoms with Crippen LogP contribution in [0.15, 0.2) is 0 Å². The summed E-state index contributed by atoms with van der Waals surface area (Å²) in [6.07, 6.45) is 6.42. The van der Waals surface area contributed by atoms with Gasteiger partial charge in [0.2, 0.25) is 0 Å². The molecule has 4 unspecified atom stereocenters. The van der Waals surface area contributed by atoms with Crippen molar-refractivity contribution in [3.63, 3.8) is 0 Å². The lowest BCUT2D eigenvalue weighted by molar-refractivity contribution is -0.258. The van der Waals surface area contributed by atoms with E-state index in [2.05, 4.69) is 27.7 Å². The van der Waals surface area contributed by atoms with E-state index in [1.165, 1.54) is 32.1 Å². The number of hydrogen-bond donors (Lipinski definition) is 0. The van der Waals surface area contributed by atoms with E-state index in [1.807, 2.05) is 0 Å². The van der Waals surface area contributed by atoms with E-state index in [-0.39, 0.29) is 11.2 Å². The van der Waals surface area contributed by atoms with Crippen LogP contribution in [0.2, 0.25) is 0 Å². The molecule has 3 aliphatic rings. The Bertz CT molecular complexity index is 225. The quantitative estimate of drug-likeness (QED) is 0.653. The molecule has 1 aliphatic carbocycles. The van der Waals surface area contributed by atoms with Gasteiger partial charge in [0.05, 0.1) is 11.2 Å². The van der Waals surface area contributed by atoms with Gasteiger partial charge in [-0.3, -0.25) is 0 Å². The van der Waals surface area contributed by atoms with Gasteiger partial charge in [0.15, 0.2) is 0 Å². The predicted octanol–water partition coefficient (Wildman–Crippen LogP) is 3.77. The van der Waals surface area contributed by atoms with Crippen molar-refractivity contribution in [3.8, 4) is 0 Å². The minimum atomic E-state index is 0.180.